The van der Waals surface area contributed by atoms with Crippen LogP contribution in [0.4, 0.5) is 5.69 Å². The van der Waals surface area contributed by atoms with E-state index in [1.54, 1.807) is 0 Å². The molecule has 0 fully saturated rings. The quantitative estimate of drug-likeness (QED) is 0.329. The molecule has 2 aromatic rings. The van der Waals surface area contributed by atoms with E-state index in [-0.39, 0.29) is 0 Å². The molecule has 0 radical (unpaired) electrons. The highest BCUT2D eigenvalue weighted by molar-refractivity contribution is 5.82. The molecule has 0 aliphatic heterocycles. The van der Waals surface area contributed by atoms with Crippen molar-refractivity contribution in [3.05, 3.63) is 59.7 Å². The fraction of sp³-hybridized carbons (Fsp3) is 0.435. The largest absolute Gasteiger partial charge is 0.494 e. The SMILES string of the molecule is CCCCCCOc1ccc(/C=N/c2ccc(CCCC)cc2)cc1. The zero-order valence-electron chi connectivity index (χ0n) is 15.7. The number of ether oxygens (including phenoxy) is 1. The first-order valence-electron chi connectivity index (χ1n) is 9.67. The second-order valence-corrected chi connectivity index (χ2v) is 6.51. The Balaban J connectivity index is 1.80. The fourth-order valence-electron chi connectivity index (χ4n) is 2.65. The summed E-state index contributed by atoms with van der Waals surface area (Å²) in [6, 6.07) is 16.7. The van der Waals surface area contributed by atoms with Gasteiger partial charge in [0.05, 0.1) is 12.3 Å². The van der Waals surface area contributed by atoms with Gasteiger partial charge in [-0.1, -0.05) is 51.7 Å². The summed E-state index contributed by atoms with van der Waals surface area (Å²) in [7, 11) is 0. The summed E-state index contributed by atoms with van der Waals surface area (Å²) in [6.07, 6.45) is 10.5. The summed E-state index contributed by atoms with van der Waals surface area (Å²) >= 11 is 0. The molecule has 2 rings (SSSR count). The molecule has 0 aliphatic carbocycles. The van der Waals surface area contributed by atoms with Crippen LogP contribution in [0, 0.1) is 0 Å². The van der Waals surface area contributed by atoms with E-state index in [9.17, 15) is 0 Å². The molecule has 0 amide bonds. The predicted octanol–water partition coefficient (Wildman–Crippen LogP) is 6.74. The van der Waals surface area contributed by atoms with Crippen LogP contribution in [0.5, 0.6) is 5.75 Å². The Kier molecular flexibility index (Phi) is 8.82. The molecule has 2 nitrogen and oxygen atoms in total. The van der Waals surface area contributed by atoms with Gasteiger partial charge in [0.25, 0.3) is 0 Å². The van der Waals surface area contributed by atoms with E-state index in [1.807, 2.05) is 18.3 Å². The maximum atomic E-state index is 5.77. The van der Waals surface area contributed by atoms with Crippen LogP contribution in [0.15, 0.2) is 53.5 Å². The van der Waals surface area contributed by atoms with Gasteiger partial charge in [-0.05, 0) is 66.8 Å². The highest BCUT2D eigenvalue weighted by Gasteiger charge is 1.96. The molecule has 25 heavy (non-hydrogen) atoms. The molecule has 0 unspecified atom stereocenters. The number of aryl methyl sites for hydroxylation is 1. The van der Waals surface area contributed by atoms with Crippen molar-refractivity contribution in [1.29, 1.82) is 0 Å². The lowest BCUT2D eigenvalue weighted by Crippen LogP contribution is -1.97. The smallest absolute Gasteiger partial charge is 0.119 e. The minimum absolute atomic E-state index is 0.803. The monoisotopic (exact) mass is 337 g/mol. The van der Waals surface area contributed by atoms with Crippen LogP contribution in [0.1, 0.15) is 63.5 Å². The minimum atomic E-state index is 0.803. The first-order chi connectivity index (χ1) is 12.3. The van der Waals surface area contributed by atoms with Gasteiger partial charge in [0, 0.05) is 6.21 Å². The number of aliphatic imine (C=N–C) groups is 1. The average Bonchev–Trinajstić information content (AvgIpc) is 2.66. The summed E-state index contributed by atoms with van der Waals surface area (Å²) in [5.41, 5.74) is 3.48. The van der Waals surface area contributed by atoms with Gasteiger partial charge >= 0.3 is 0 Å². The summed E-state index contributed by atoms with van der Waals surface area (Å²) in [4.78, 5) is 4.56. The van der Waals surface area contributed by atoms with Crippen molar-refractivity contribution in [2.24, 2.45) is 4.99 Å². The first-order valence-corrected chi connectivity index (χ1v) is 9.67. The van der Waals surface area contributed by atoms with Gasteiger partial charge < -0.3 is 4.74 Å². The molecule has 0 spiro atoms. The summed E-state index contributed by atoms with van der Waals surface area (Å²) in [5.74, 6) is 0.939. The molecule has 0 saturated heterocycles. The van der Waals surface area contributed by atoms with Gasteiger partial charge in [0.15, 0.2) is 0 Å². The molecular weight excluding hydrogens is 306 g/mol. The van der Waals surface area contributed by atoms with Gasteiger partial charge in [-0.3, -0.25) is 4.99 Å². The molecular formula is C23H31NO. The molecule has 2 aromatic carbocycles. The molecule has 2 heteroatoms. The number of unbranched alkanes of at least 4 members (excludes halogenated alkanes) is 4. The van der Waals surface area contributed by atoms with Crippen LogP contribution in [0.3, 0.4) is 0 Å². The van der Waals surface area contributed by atoms with Crippen molar-refractivity contribution in [3.63, 3.8) is 0 Å². The number of hydrogen-bond donors (Lipinski definition) is 0. The van der Waals surface area contributed by atoms with E-state index in [1.165, 1.54) is 37.7 Å². The zero-order valence-corrected chi connectivity index (χ0v) is 15.7. The second kappa shape index (κ2) is 11.5. The molecule has 0 aliphatic rings. The molecule has 0 heterocycles. The summed E-state index contributed by atoms with van der Waals surface area (Å²) < 4.78 is 5.77. The highest BCUT2D eigenvalue weighted by atomic mass is 16.5. The molecule has 0 bridgehead atoms. The van der Waals surface area contributed by atoms with Crippen LogP contribution in [-0.2, 0) is 6.42 Å². The van der Waals surface area contributed by atoms with Crippen molar-refractivity contribution in [2.75, 3.05) is 6.61 Å². The summed E-state index contributed by atoms with van der Waals surface area (Å²) in [5, 5.41) is 0. The van der Waals surface area contributed by atoms with E-state index < -0.39 is 0 Å². The predicted molar refractivity (Wildman–Crippen MR) is 108 cm³/mol. The standard InChI is InChI=1S/C23H31NO/c1-3-5-7-8-18-25-23-16-12-21(13-17-23)19-24-22-14-10-20(11-15-22)9-6-4-2/h10-17,19H,3-9,18H2,1-2H3/b24-19+. The Morgan fingerprint density at radius 2 is 1.52 bits per heavy atom. The van der Waals surface area contributed by atoms with E-state index in [4.69, 9.17) is 4.74 Å². The van der Waals surface area contributed by atoms with E-state index >= 15 is 0 Å². The van der Waals surface area contributed by atoms with Crippen molar-refractivity contribution >= 4 is 11.9 Å². The third kappa shape index (κ3) is 7.55. The number of hydrogen-bond acceptors (Lipinski definition) is 2. The maximum Gasteiger partial charge on any atom is 0.119 e. The van der Waals surface area contributed by atoms with E-state index in [2.05, 4.69) is 55.2 Å². The lowest BCUT2D eigenvalue weighted by molar-refractivity contribution is 0.305. The summed E-state index contributed by atoms with van der Waals surface area (Å²) in [6.45, 7) is 5.25. The Morgan fingerprint density at radius 3 is 2.20 bits per heavy atom. The fourth-order valence-corrected chi connectivity index (χ4v) is 2.65. The van der Waals surface area contributed by atoms with Crippen molar-refractivity contribution < 1.29 is 4.74 Å². The third-order valence-electron chi connectivity index (χ3n) is 4.26. The van der Waals surface area contributed by atoms with Crippen molar-refractivity contribution in [1.82, 2.24) is 0 Å². The third-order valence-corrected chi connectivity index (χ3v) is 4.26. The molecule has 0 aromatic heterocycles. The number of rotatable bonds is 11. The maximum absolute atomic E-state index is 5.77. The molecule has 0 N–H and O–H groups in total. The van der Waals surface area contributed by atoms with Gasteiger partial charge in [-0.15, -0.1) is 0 Å². The normalized spacial score (nSPS) is 11.1. The van der Waals surface area contributed by atoms with Gasteiger partial charge in [0.2, 0.25) is 0 Å². The second-order valence-electron chi connectivity index (χ2n) is 6.51. The molecule has 134 valence electrons. The van der Waals surface area contributed by atoms with E-state index in [0.717, 1.165) is 36.4 Å². The first kappa shape index (κ1) is 19.2. The van der Waals surface area contributed by atoms with Crippen molar-refractivity contribution in [3.8, 4) is 5.75 Å². The zero-order chi connectivity index (χ0) is 17.7. The van der Waals surface area contributed by atoms with Gasteiger partial charge in [-0.25, -0.2) is 0 Å². The molecule has 0 saturated carbocycles. The number of benzene rings is 2. The lowest BCUT2D eigenvalue weighted by Gasteiger charge is -2.06. The van der Waals surface area contributed by atoms with Crippen LogP contribution < -0.4 is 4.74 Å². The Labute approximate surface area is 153 Å². The highest BCUT2D eigenvalue weighted by Crippen LogP contribution is 2.16. The van der Waals surface area contributed by atoms with Crippen LogP contribution in [0.25, 0.3) is 0 Å². The Morgan fingerprint density at radius 1 is 0.800 bits per heavy atom. The van der Waals surface area contributed by atoms with Gasteiger partial charge in [0.1, 0.15) is 5.75 Å². The Hall–Kier alpha value is -2.09. The van der Waals surface area contributed by atoms with Crippen LogP contribution in [-0.4, -0.2) is 12.8 Å². The van der Waals surface area contributed by atoms with Crippen LogP contribution >= 0.6 is 0 Å². The molecule has 0 atom stereocenters. The number of nitrogens with zero attached hydrogens (tertiary/aromatic N) is 1. The van der Waals surface area contributed by atoms with Crippen LogP contribution in [0.2, 0.25) is 0 Å². The average molecular weight is 338 g/mol. The lowest BCUT2D eigenvalue weighted by atomic mass is 10.1. The van der Waals surface area contributed by atoms with Crippen molar-refractivity contribution in [2.45, 2.75) is 58.8 Å². The Bertz CT molecular complexity index is 614. The minimum Gasteiger partial charge on any atom is -0.494 e. The van der Waals surface area contributed by atoms with E-state index in [0.29, 0.717) is 0 Å². The van der Waals surface area contributed by atoms with Gasteiger partial charge in [-0.2, -0.15) is 0 Å². The topological polar surface area (TPSA) is 21.6 Å².